The fraction of sp³-hybridized carbons (Fsp3) is 0.448. The number of nitrogens with zero attached hydrogens (tertiary/aromatic N) is 2. The van der Waals surface area contributed by atoms with E-state index in [9.17, 15) is 14.7 Å². The molecule has 2 atom stereocenters. The number of amides is 1. The van der Waals surface area contributed by atoms with Gasteiger partial charge in [0, 0.05) is 29.9 Å². The third-order valence-corrected chi connectivity index (χ3v) is 7.51. The first-order valence-electron chi connectivity index (χ1n) is 13.1. The summed E-state index contributed by atoms with van der Waals surface area (Å²) in [5, 5.41) is 15.6. The third kappa shape index (κ3) is 5.84. The van der Waals surface area contributed by atoms with E-state index in [1.165, 1.54) is 0 Å². The van der Waals surface area contributed by atoms with Crippen LogP contribution in [0.15, 0.2) is 48.7 Å². The molecule has 1 aliphatic carbocycles. The average Bonchev–Trinajstić information content (AvgIpc) is 3.36. The topological polar surface area (TPSA) is 83.8 Å². The number of ether oxygens (including phenoxy) is 1. The maximum atomic E-state index is 13.2. The number of likely N-dealkylation sites (tertiary alicyclic amines) is 1. The molecule has 2 unspecified atom stereocenters. The highest BCUT2D eigenvalue weighted by Crippen LogP contribution is 2.34. The summed E-state index contributed by atoms with van der Waals surface area (Å²) in [5.74, 6) is -0.759. The van der Waals surface area contributed by atoms with E-state index in [1.807, 2.05) is 18.3 Å². The summed E-state index contributed by atoms with van der Waals surface area (Å²) in [4.78, 5) is 28.5. The number of fused-ring (bicyclic) bond motifs is 1. The smallest absolute Gasteiger partial charge is 0.292 e. The Labute approximate surface area is 222 Å². The van der Waals surface area contributed by atoms with Crippen LogP contribution in [-0.2, 0) is 4.79 Å². The predicted octanol–water partition coefficient (Wildman–Crippen LogP) is 4.91. The molecule has 8 heteroatoms. The Morgan fingerprint density at radius 2 is 1.86 bits per heavy atom. The molecule has 196 valence electrons. The van der Waals surface area contributed by atoms with Crippen molar-refractivity contribution in [1.82, 2.24) is 14.8 Å². The number of rotatable bonds is 10. The van der Waals surface area contributed by atoms with Crippen LogP contribution in [0.25, 0.3) is 10.9 Å². The molecular weight excluding hydrogens is 490 g/mol. The van der Waals surface area contributed by atoms with Gasteiger partial charge < -0.3 is 24.6 Å². The van der Waals surface area contributed by atoms with Gasteiger partial charge in [-0.1, -0.05) is 29.8 Å². The van der Waals surface area contributed by atoms with Gasteiger partial charge in [-0.3, -0.25) is 9.59 Å². The number of hydrogen-bond donors (Lipinski definition) is 2. The van der Waals surface area contributed by atoms with E-state index in [4.69, 9.17) is 16.3 Å². The van der Waals surface area contributed by atoms with E-state index in [0.717, 1.165) is 49.7 Å². The fourth-order valence-electron chi connectivity index (χ4n) is 4.97. The highest BCUT2D eigenvalue weighted by Gasteiger charge is 2.30. The van der Waals surface area contributed by atoms with Crippen LogP contribution in [0, 0.1) is 0 Å². The summed E-state index contributed by atoms with van der Waals surface area (Å²) < 4.78 is 7.89. The van der Waals surface area contributed by atoms with Crippen molar-refractivity contribution in [2.24, 2.45) is 0 Å². The van der Waals surface area contributed by atoms with Crippen LogP contribution in [0.4, 0.5) is 0 Å². The summed E-state index contributed by atoms with van der Waals surface area (Å²) in [7, 11) is 0. The minimum Gasteiger partial charge on any atom is -0.489 e. The monoisotopic (exact) mass is 523 g/mol. The van der Waals surface area contributed by atoms with Crippen molar-refractivity contribution in [2.45, 2.75) is 63.8 Å². The van der Waals surface area contributed by atoms with Crippen LogP contribution in [0.2, 0.25) is 5.02 Å². The Hall–Kier alpha value is -2.87. The minimum atomic E-state index is -1.04. The molecule has 0 radical (unpaired) electrons. The van der Waals surface area contributed by atoms with Gasteiger partial charge in [0.15, 0.2) is 0 Å². The molecule has 37 heavy (non-hydrogen) atoms. The van der Waals surface area contributed by atoms with Crippen molar-refractivity contribution in [2.75, 3.05) is 19.6 Å². The van der Waals surface area contributed by atoms with Crippen LogP contribution < -0.4 is 10.1 Å². The highest BCUT2D eigenvalue weighted by atomic mass is 35.5. The van der Waals surface area contributed by atoms with E-state index in [2.05, 4.69) is 28.6 Å². The van der Waals surface area contributed by atoms with Crippen LogP contribution in [0.3, 0.4) is 0 Å². The molecule has 3 aromatic rings. The van der Waals surface area contributed by atoms with Crippen LogP contribution in [0.1, 0.15) is 67.6 Å². The van der Waals surface area contributed by atoms with E-state index in [0.29, 0.717) is 28.4 Å². The van der Waals surface area contributed by atoms with Crippen molar-refractivity contribution in [1.29, 1.82) is 0 Å². The zero-order valence-electron chi connectivity index (χ0n) is 21.3. The van der Waals surface area contributed by atoms with E-state index in [1.54, 1.807) is 30.3 Å². The van der Waals surface area contributed by atoms with Crippen LogP contribution in [0.5, 0.6) is 5.75 Å². The van der Waals surface area contributed by atoms with Gasteiger partial charge in [-0.05, 0) is 87.8 Å². The highest BCUT2D eigenvalue weighted by molar-refractivity contribution is 6.43. The van der Waals surface area contributed by atoms with Gasteiger partial charge in [0.05, 0.1) is 17.2 Å². The summed E-state index contributed by atoms with van der Waals surface area (Å²) in [6, 6.07) is 12.1. The number of aliphatic hydroxyl groups excluding tert-OH is 1. The van der Waals surface area contributed by atoms with E-state index < -0.39 is 23.8 Å². The lowest BCUT2D eigenvalue weighted by Crippen LogP contribution is -2.48. The molecular formula is C29H34ClN3O4. The van der Waals surface area contributed by atoms with Gasteiger partial charge in [-0.2, -0.15) is 0 Å². The second-order valence-corrected chi connectivity index (χ2v) is 10.9. The largest absolute Gasteiger partial charge is 0.489 e. The molecule has 1 aromatic heterocycles. The average molecular weight is 524 g/mol. The number of carbonyl (C=O) groups is 2. The number of Topliss-reactive ketones (excluding diaryl/α,β-unsaturated/α-hetero) is 1. The second kappa shape index (κ2) is 10.9. The first-order valence-corrected chi connectivity index (χ1v) is 13.5. The van der Waals surface area contributed by atoms with Gasteiger partial charge >= 0.3 is 0 Å². The molecule has 7 nitrogen and oxygen atoms in total. The molecule has 1 aliphatic heterocycles. The number of ketones is 1. The Morgan fingerprint density at radius 1 is 1.11 bits per heavy atom. The number of benzene rings is 2. The first kappa shape index (κ1) is 25.8. The minimum absolute atomic E-state index is 0.212. The lowest BCUT2D eigenvalue weighted by molar-refractivity contribution is -0.118. The maximum Gasteiger partial charge on any atom is 0.292 e. The van der Waals surface area contributed by atoms with E-state index in [-0.39, 0.29) is 12.1 Å². The molecule has 0 spiro atoms. The lowest BCUT2D eigenvalue weighted by atomic mass is 10.0. The number of halogens is 1. The Balaban J connectivity index is 1.35. The molecule has 2 fully saturated rings. The molecule has 1 amide bonds. The number of aromatic nitrogens is 1. The molecule has 1 saturated carbocycles. The summed E-state index contributed by atoms with van der Waals surface area (Å²) in [6.07, 6.45) is 5.35. The number of nitrogens with one attached hydrogen (secondary N) is 1. The lowest BCUT2D eigenvalue weighted by Gasteiger charge is -2.28. The molecule has 0 bridgehead atoms. The summed E-state index contributed by atoms with van der Waals surface area (Å²) in [6.45, 7) is 6.37. The maximum absolute atomic E-state index is 13.2. The van der Waals surface area contributed by atoms with Crippen LogP contribution >= 0.6 is 11.6 Å². The number of hydrogen-bond acceptors (Lipinski definition) is 5. The van der Waals surface area contributed by atoms with Gasteiger partial charge in [0.25, 0.3) is 5.91 Å². The Kier molecular flexibility index (Phi) is 7.56. The summed E-state index contributed by atoms with van der Waals surface area (Å²) >= 11 is 6.44. The molecule has 2 N–H and O–H groups in total. The van der Waals surface area contributed by atoms with Gasteiger partial charge in [-0.15, -0.1) is 0 Å². The van der Waals surface area contributed by atoms with Crippen molar-refractivity contribution in [3.05, 3.63) is 64.8 Å². The fourth-order valence-corrected chi connectivity index (χ4v) is 5.20. The SMILES string of the molecule is CC(C)n1ccc2ccc(C(=O)C(=O)NC(CN3CCCC3)C(O)c3ccc(OC4CC4)c(Cl)c3)cc21. The standard InChI is InChI=1S/C29H34ClN3O4/c1-18(2)33-14-11-19-5-6-21(16-25(19)33)28(35)29(36)31-24(17-32-12-3-4-13-32)27(34)20-7-10-26(23(30)15-20)37-22-8-9-22/h5-7,10-11,14-16,18,22,24,27,34H,3-4,8-9,12-13,17H2,1-2H3,(H,31,36). The van der Waals surface area contributed by atoms with Crippen molar-refractivity contribution < 1.29 is 19.4 Å². The van der Waals surface area contributed by atoms with Crippen molar-refractivity contribution >= 4 is 34.2 Å². The zero-order valence-corrected chi connectivity index (χ0v) is 22.1. The van der Waals surface area contributed by atoms with E-state index >= 15 is 0 Å². The quantitative estimate of drug-likeness (QED) is 0.291. The molecule has 5 rings (SSSR count). The third-order valence-electron chi connectivity index (χ3n) is 7.21. The molecule has 1 saturated heterocycles. The number of carbonyl (C=O) groups excluding carboxylic acids is 2. The predicted molar refractivity (Wildman–Crippen MR) is 144 cm³/mol. The Morgan fingerprint density at radius 3 is 2.54 bits per heavy atom. The van der Waals surface area contributed by atoms with Crippen molar-refractivity contribution in [3.63, 3.8) is 0 Å². The number of aliphatic hydroxyl groups is 1. The molecule has 2 aromatic carbocycles. The second-order valence-electron chi connectivity index (χ2n) is 10.5. The summed E-state index contributed by atoms with van der Waals surface area (Å²) in [5.41, 5.74) is 1.80. The van der Waals surface area contributed by atoms with Gasteiger partial charge in [-0.25, -0.2) is 0 Å². The van der Waals surface area contributed by atoms with Gasteiger partial charge in [0.2, 0.25) is 5.78 Å². The zero-order chi connectivity index (χ0) is 26.1. The molecule has 2 aliphatic rings. The van der Waals surface area contributed by atoms with Crippen molar-refractivity contribution in [3.8, 4) is 5.75 Å². The Bertz CT molecular complexity index is 1290. The first-order chi connectivity index (χ1) is 17.8. The van der Waals surface area contributed by atoms with Gasteiger partial charge in [0.1, 0.15) is 11.9 Å². The normalized spacial score (nSPS) is 17.8. The van der Waals surface area contributed by atoms with Crippen LogP contribution in [-0.4, -0.2) is 58.0 Å². The molecule has 2 heterocycles.